The molecule has 1 aliphatic rings. The van der Waals surface area contributed by atoms with E-state index in [9.17, 15) is 9.59 Å². The van der Waals surface area contributed by atoms with Gasteiger partial charge in [0.15, 0.2) is 6.61 Å². The van der Waals surface area contributed by atoms with Crippen molar-refractivity contribution in [2.75, 3.05) is 26.8 Å². The molecule has 0 N–H and O–H groups in total. The summed E-state index contributed by atoms with van der Waals surface area (Å²) in [7, 11) is 1.65. The van der Waals surface area contributed by atoms with Crippen molar-refractivity contribution >= 4 is 33.6 Å². The molecule has 0 aliphatic carbocycles. The third-order valence-corrected chi connectivity index (χ3v) is 7.94. The van der Waals surface area contributed by atoms with E-state index >= 15 is 0 Å². The molecule has 1 aromatic heterocycles. The normalized spacial score (nSPS) is 13.8. The largest absolute Gasteiger partial charge is 0.497 e. The van der Waals surface area contributed by atoms with Crippen LogP contribution in [-0.2, 0) is 16.0 Å². The maximum Gasteiger partial charge on any atom is 0.339 e. The molecule has 0 radical (unpaired) electrons. The number of piperidine rings is 1. The number of hydrogen-bond acceptors (Lipinski definition) is 5. The molecule has 206 valence electrons. The van der Waals surface area contributed by atoms with Crippen LogP contribution in [0.5, 0.6) is 5.75 Å². The van der Waals surface area contributed by atoms with Crippen LogP contribution >= 0.6 is 0 Å². The van der Waals surface area contributed by atoms with Crippen molar-refractivity contribution in [2.45, 2.75) is 19.3 Å². The molecule has 0 spiro atoms. The Morgan fingerprint density at radius 1 is 0.854 bits per heavy atom. The molecule has 0 atom stereocenters. The number of fused-ring (bicyclic) bond motifs is 2. The highest BCUT2D eigenvalue weighted by Crippen LogP contribution is 2.29. The van der Waals surface area contributed by atoms with Gasteiger partial charge in [0, 0.05) is 24.0 Å². The van der Waals surface area contributed by atoms with Crippen LogP contribution < -0.4 is 4.74 Å². The first-order valence-electron chi connectivity index (χ1n) is 14.0. The summed E-state index contributed by atoms with van der Waals surface area (Å²) in [6.07, 6.45) is 2.93. The lowest BCUT2D eigenvalue weighted by Crippen LogP contribution is -2.41. The predicted molar refractivity (Wildman–Crippen MR) is 161 cm³/mol. The minimum absolute atomic E-state index is 0.153. The fraction of sp³-hybridized carbons (Fsp3) is 0.229. The van der Waals surface area contributed by atoms with Crippen molar-refractivity contribution in [3.05, 3.63) is 108 Å². The van der Waals surface area contributed by atoms with Gasteiger partial charge in [-0.2, -0.15) is 0 Å². The molecule has 1 fully saturated rings. The lowest BCUT2D eigenvalue weighted by Gasteiger charge is -2.32. The molecular weight excluding hydrogens is 512 g/mol. The summed E-state index contributed by atoms with van der Waals surface area (Å²) in [6, 6.07) is 31.7. The molecule has 6 heteroatoms. The fourth-order valence-electron chi connectivity index (χ4n) is 5.63. The molecular formula is C35H32N2O4. The Kier molecular flexibility index (Phi) is 7.63. The summed E-state index contributed by atoms with van der Waals surface area (Å²) in [5, 5.41) is 2.79. The number of carbonyl (C=O) groups excluding carboxylic acids is 2. The van der Waals surface area contributed by atoms with Crippen molar-refractivity contribution in [3.8, 4) is 17.0 Å². The lowest BCUT2D eigenvalue weighted by molar-refractivity contribution is -0.135. The number of carbonyl (C=O) groups is 2. The quantitative estimate of drug-likeness (QED) is 0.213. The number of pyridine rings is 1. The maximum absolute atomic E-state index is 13.3. The van der Waals surface area contributed by atoms with Crippen LogP contribution in [-0.4, -0.2) is 48.6 Å². The molecule has 0 saturated carbocycles. The van der Waals surface area contributed by atoms with Gasteiger partial charge in [0.25, 0.3) is 5.91 Å². The van der Waals surface area contributed by atoms with Crippen LogP contribution in [0.3, 0.4) is 0 Å². The van der Waals surface area contributed by atoms with E-state index < -0.39 is 5.97 Å². The number of ether oxygens (including phenoxy) is 2. The average molecular weight is 545 g/mol. The van der Waals surface area contributed by atoms with E-state index in [-0.39, 0.29) is 12.5 Å². The Hall–Kier alpha value is -4.71. The van der Waals surface area contributed by atoms with E-state index in [4.69, 9.17) is 14.5 Å². The highest BCUT2D eigenvalue weighted by atomic mass is 16.5. The SMILES string of the molecule is COc1ccc2cc(-c3cc(C(=O)OCC(=O)N4CCC(Cc5ccccc5)CC4)c4ccccc4n3)ccc2c1. The van der Waals surface area contributed by atoms with Crippen molar-refractivity contribution in [3.63, 3.8) is 0 Å². The number of nitrogens with zero attached hydrogens (tertiary/aromatic N) is 2. The van der Waals surface area contributed by atoms with E-state index in [1.165, 1.54) is 5.56 Å². The summed E-state index contributed by atoms with van der Waals surface area (Å²) in [6.45, 7) is 1.10. The van der Waals surface area contributed by atoms with Crippen LogP contribution in [0.4, 0.5) is 0 Å². The number of esters is 1. The standard InChI is InChI=1S/C35H32N2O4/c1-40-29-14-13-26-20-28(12-11-27(26)21-29)33-22-31(30-9-5-6-10-32(30)36-33)35(39)41-23-34(38)37-17-15-25(16-18-37)19-24-7-3-2-4-8-24/h2-14,20-22,25H,15-19,23H2,1H3. The molecule has 6 nitrogen and oxygen atoms in total. The Labute approximate surface area is 239 Å². The molecule has 1 aliphatic heterocycles. The monoisotopic (exact) mass is 544 g/mol. The summed E-state index contributed by atoms with van der Waals surface area (Å²) in [4.78, 5) is 32.9. The molecule has 1 saturated heterocycles. The smallest absolute Gasteiger partial charge is 0.339 e. The molecule has 6 rings (SSSR count). The number of benzene rings is 4. The van der Waals surface area contributed by atoms with Gasteiger partial charge < -0.3 is 14.4 Å². The van der Waals surface area contributed by atoms with Crippen molar-refractivity contribution in [1.82, 2.24) is 9.88 Å². The van der Waals surface area contributed by atoms with E-state index in [1.54, 1.807) is 13.2 Å². The highest BCUT2D eigenvalue weighted by molar-refractivity contribution is 6.05. The number of rotatable bonds is 7. The second-order valence-corrected chi connectivity index (χ2v) is 10.6. The number of para-hydroxylation sites is 1. The van der Waals surface area contributed by atoms with Crippen LogP contribution in [0.15, 0.2) is 97.1 Å². The first kappa shape index (κ1) is 26.5. The Morgan fingerprint density at radius 2 is 1.59 bits per heavy atom. The Bertz CT molecular complexity index is 1710. The third-order valence-electron chi connectivity index (χ3n) is 7.94. The molecule has 5 aromatic rings. The molecule has 4 aromatic carbocycles. The summed E-state index contributed by atoms with van der Waals surface area (Å²) >= 11 is 0. The van der Waals surface area contributed by atoms with E-state index in [1.807, 2.05) is 71.6 Å². The second kappa shape index (κ2) is 11.8. The van der Waals surface area contributed by atoms with Gasteiger partial charge in [-0.3, -0.25) is 4.79 Å². The van der Waals surface area contributed by atoms with Gasteiger partial charge in [-0.1, -0.05) is 66.7 Å². The molecule has 0 bridgehead atoms. The first-order valence-corrected chi connectivity index (χ1v) is 14.0. The van der Waals surface area contributed by atoms with E-state index in [0.717, 1.165) is 41.3 Å². The Morgan fingerprint density at radius 3 is 2.39 bits per heavy atom. The second-order valence-electron chi connectivity index (χ2n) is 10.6. The first-order chi connectivity index (χ1) is 20.1. The van der Waals surface area contributed by atoms with Crippen LogP contribution in [0.2, 0.25) is 0 Å². The third kappa shape index (κ3) is 5.92. The van der Waals surface area contributed by atoms with Crippen LogP contribution in [0, 0.1) is 5.92 Å². The maximum atomic E-state index is 13.3. The van der Waals surface area contributed by atoms with E-state index in [2.05, 4.69) is 24.3 Å². The summed E-state index contributed by atoms with van der Waals surface area (Å²) in [5.41, 5.74) is 3.98. The number of likely N-dealkylation sites (tertiary alicyclic amines) is 1. The van der Waals surface area contributed by atoms with Crippen LogP contribution in [0.1, 0.15) is 28.8 Å². The number of amides is 1. The van der Waals surface area contributed by atoms with Gasteiger partial charge >= 0.3 is 5.97 Å². The minimum Gasteiger partial charge on any atom is -0.497 e. The predicted octanol–water partition coefficient (Wildman–Crippen LogP) is 6.70. The van der Waals surface area contributed by atoms with Crippen molar-refractivity contribution in [2.24, 2.45) is 5.92 Å². The zero-order chi connectivity index (χ0) is 28.2. The van der Waals surface area contributed by atoms with Gasteiger partial charge in [0.1, 0.15) is 5.75 Å². The van der Waals surface area contributed by atoms with Gasteiger partial charge in [0.2, 0.25) is 0 Å². The molecule has 2 heterocycles. The van der Waals surface area contributed by atoms with Gasteiger partial charge in [-0.15, -0.1) is 0 Å². The molecule has 0 unspecified atom stereocenters. The van der Waals surface area contributed by atoms with Crippen molar-refractivity contribution in [1.29, 1.82) is 0 Å². The van der Waals surface area contributed by atoms with Crippen LogP contribution in [0.25, 0.3) is 32.9 Å². The number of hydrogen-bond donors (Lipinski definition) is 0. The topological polar surface area (TPSA) is 68.7 Å². The number of aromatic nitrogens is 1. The Balaban J connectivity index is 1.15. The molecule has 1 amide bonds. The van der Waals surface area contributed by atoms with Gasteiger partial charge in [-0.05, 0) is 71.8 Å². The van der Waals surface area contributed by atoms with Crippen molar-refractivity contribution < 1.29 is 19.1 Å². The fourth-order valence-corrected chi connectivity index (χ4v) is 5.63. The lowest BCUT2D eigenvalue weighted by atomic mass is 9.90. The number of methoxy groups -OCH3 is 1. The molecule has 41 heavy (non-hydrogen) atoms. The zero-order valence-electron chi connectivity index (χ0n) is 23.1. The van der Waals surface area contributed by atoms with Gasteiger partial charge in [-0.25, -0.2) is 9.78 Å². The average Bonchev–Trinajstić information content (AvgIpc) is 3.03. The zero-order valence-corrected chi connectivity index (χ0v) is 23.1. The minimum atomic E-state index is -0.525. The highest BCUT2D eigenvalue weighted by Gasteiger charge is 2.24. The summed E-state index contributed by atoms with van der Waals surface area (Å²) < 4.78 is 10.9. The van der Waals surface area contributed by atoms with E-state index in [0.29, 0.717) is 41.2 Å². The summed E-state index contributed by atoms with van der Waals surface area (Å²) in [5.74, 6) is 0.677. The van der Waals surface area contributed by atoms with Gasteiger partial charge in [0.05, 0.1) is 23.9 Å².